The fraction of sp³-hybridized carbons (Fsp3) is 0.733. The van der Waals surface area contributed by atoms with Gasteiger partial charge in [-0.15, -0.1) is 10.2 Å². The summed E-state index contributed by atoms with van der Waals surface area (Å²) >= 11 is 1.19. The van der Waals surface area contributed by atoms with Gasteiger partial charge < -0.3 is 15.1 Å². The zero-order chi connectivity index (χ0) is 16.7. The zero-order valence-electron chi connectivity index (χ0n) is 13.6. The third kappa shape index (κ3) is 6.21. The molecule has 0 aliphatic heterocycles. The van der Waals surface area contributed by atoms with Crippen LogP contribution in [0.15, 0.2) is 9.64 Å². The summed E-state index contributed by atoms with van der Waals surface area (Å²) in [4.78, 5) is 23.2. The van der Waals surface area contributed by atoms with E-state index in [2.05, 4.69) is 20.8 Å². The molecule has 0 saturated heterocycles. The van der Waals surface area contributed by atoms with E-state index in [1.807, 2.05) is 13.8 Å². The van der Waals surface area contributed by atoms with Gasteiger partial charge in [0.05, 0.1) is 12.3 Å². The molecular weight excluding hydrogens is 316 g/mol. The number of amides is 2. The van der Waals surface area contributed by atoms with Gasteiger partial charge in [-0.2, -0.15) is 0 Å². The molecule has 0 unspecified atom stereocenters. The number of carbonyl (C=O) groups is 2. The van der Waals surface area contributed by atoms with Crippen LogP contribution in [0.2, 0.25) is 0 Å². The van der Waals surface area contributed by atoms with Crippen molar-refractivity contribution < 1.29 is 14.0 Å². The van der Waals surface area contributed by atoms with E-state index in [0.717, 1.165) is 12.8 Å². The Balaban J connectivity index is 1.70. The summed E-state index contributed by atoms with van der Waals surface area (Å²) in [7, 11) is 0. The largest absolute Gasteiger partial charge is 0.416 e. The van der Waals surface area contributed by atoms with E-state index in [1.165, 1.54) is 31.0 Å². The maximum absolute atomic E-state index is 11.7. The molecule has 23 heavy (non-hydrogen) atoms. The lowest BCUT2D eigenvalue weighted by molar-refractivity contribution is -0.125. The monoisotopic (exact) mass is 340 g/mol. The fourth-order valence-electron chi connectivity index (χ4n) is 2.52. The van der Waals surface area contributed by atoms with E-state index < -0.39 is 0 Å². The van der Waals surface area contributed by atoms with Crippen molar-refractivity contribution in [3.05, 3.63) is 5.89 Å². The average Bonchev–Trinajstić information content (AvgIpc) is 3.00. The minimum absolute atomic E-state index is 0.0191. The van der Waals surface area contributed by atoms with Gasteiger partial charge in [-0.25, -0.2) is 0 Å². The number of hydrogen-bond donors (Lipinski definition) is 2. The Bertz CT molecular complexity index is 527. The van der Waals surface area contributed by atoms with Crippen LogP contribution in [0.1, 0.15) is 57.8 Å². The summed E-state index contributed by atoms with van der Waals surface area (Å²) < 4.78 is 5.63. The minimum atomic E-state index is -0.230. The van der Waals surface area contributed by atoms with Crippen molar-refractivity contribution in [3.63, 3.8) is 0 Å². The van der Waals surface area contributed by atoms with E-state index in [-0.39, 0.29) is 30.2 Å². The van der Waals surface area contributed by atoms with Crippen LogP contribution in [0, 0.1) is 0 Å². The number of thioether (sulfide) groups is 1. The van der Waals surface area contributed by atoms with Crippen LogP contribution in [0.4, 0.5) is 0 Å². The van der Waals surface area contributed by atoms with Crippen LogP contribution in [0.5, 0.6) is 0 Å². The van der Waals surface area contributed by atoms with Crippen LogP contribution in [-0.2, 0) is 9.59 Å². The van der Waals surface area contributed by atoms with Crippen molar-refractivity contribution in [2.45, 2.75) is 63.1 Å². The molecule has 7 nitrogen and oxygen atoms in total. The number of aromatic nitrogens is 2. The number of carbonyl (C=O) groups excluding carboxylic acids is 2. The summed E-state index contributed by atoms with van der Waals surface area (Å²) in [6.45, 7) is 3.72. The number of nitrogens with zero attached hydrogens (tertiary/aromatic N) is 2. The first-order chi connectivity index (χ1) is 11.0. The molecule has 1 fully saturated rings. The van der Waals surface area contributed by atoms with Gasteiger partial charge in [0.15, 0.2) is 0 Å². The van der Waals surface area contributed by atoms with Crippen LogP contribution in [0.3, 0.4) is 0 Å². The van der Waals surface area contributed by atoms with Crippen LogP contribution in [0.25, 0.3) is 0 Å². The van der Waals surface area contributed by atoms with Gasteiger partial charge >= 0.3 is 0 Å². The second kappa shape index (κ2) is 8.90. The highest BCUT2D eigenvalue weighted by atomic mass is 32.2. The summed E-state index contributed by atoms with van der Waals surface area (Å²) in [5.74, 6) is 0.770. The lowest BCUT2D eigenvalue weighted by Crippen LogP contribution is -2.40. The molecule has 0 spiro atoms. The van der Waals surface area contributed by atoms with Crippen LogP contribution >= 0.6 is 11.8 Å². The Kier molecular flexibility index (Phi) is 6.88. The third-order valence-corrected chi connectivity index (χ3v) is 4.42. The Hall–Kier alpha value is -1.57. The summed E-state index contributed by atoms with van der Waals surface area (Å²) in [5, 5.41) is 13.8. The molecule has 2 N–H and O–H groups in total. The van der Waals surface area contributed by atoms with Crippen molar-refractivity contribution in [1.29, 1.82) is 0 Å². The first-order valence-corrected chi connectivity index (χ1v) is 9.05. The maximum Gasteiger partial charge on any atom is 0.277 e. The molecule has 0 atom stereocenters. The second-order valence-electron chi connectivity index (χ2n) is 6.03. The van der Waals surface area contributed by atoms with Gasteiger partial charge in [0.1, 0.15) is 0 Å². The molecule has 0 radical (unpaired) electrons. The Morgan fingerprint density at radius 2 is 1.96 bits per heavy atom. The Morgan fingerprint density at radius 1 is 1.22 bits per heavy atom. The molecule has 1 aromatic rings. The van der Waals surface area contributed by atoms with Gasteiger partial charge in [0, 0.05) is 12.0 Å². The zero-order valence-corrected chi connectivity index (χ0v) is 14.4. The molecule has 1 aliphatic carbocycles. The van der Waals surface area contributed by atoms with Gasteiger partial charge in [-0.1, -0.05) is 31.0 Å². The van der Waals surface area contributed by atoms with E-state index in [0.29, 0.717) is 17.0 Å². The average molecular weight is 340 g/mol. The molecule has 0 bridgehead atoms. The number of rotatable bonds is 7. The quantitative estimate of drug-likeness (QED) is 0.735. The highest BCUT2D eigenvalue weighted by molar-refractivity contribution is 7.99. The fourth-order valence-corrected chi connectivity index (χ4v) is 3.12. The number of nitrogens with one attached hydrogen (secondary N) is 2. The van der Waals surface area contributed by atoms with Gasteiger partial charge in [-0.3, -0.25) is 9.59 Å². The predicted octanol–water partition coefficient (Wildman–Crippen LogP) is 1.85. The summed E-state index contributed by atoms with van der Waals surface area (Å²) in [6.07, 6.45) is 5.87. The highest BCUT2D eigenvalue weighted by Gasteiger charge is 2.21. The number of hydrogen-bond acceptors (Lipinski definition) is 6. The second-order valence-corrected chi connectivity index (χ2v) is 6.96. The molecule has 0 aromatic carbocycles. The van der Waals surface area contributed by atoms with Crippen molar-refractivity contribution >= 4 is 23.6 Å². The van der Waals surface area contributed by atoms with E-state index in [9.17, 15) is 9.59 Å². The van der Waals surface area contributed by atoms with Crippen molar-refractivity contribution in [2.24, 2.45) is 0 Å². The standard InChI is InChI=1S/C15H24N4O3S/c1-10(2)17-12(20)8-16-13(21)9-23-15-19-18-14(22-15)11-6-4-3-5-7-11/h10-11H,3-9H2,1-2H3,(H,16,21)(H,17,20). The van der Waals surface area contributed by atoms with Crippen LogP contribution in [-0.4, -0.2) is 40.4 Å². The summed E-state index contributed by atoms with van der Waals surface area (Å²) in [6, 6.07) is 0.0605. The van der Waals surface area contributed by atoms with Crippen molar-refractivity contribution in [2.75, 3.05) is 12.3 Å². The lowest BCUT2D eigenvalue weighted by Gasteiger charge is -2.17. The smallest absolute Gasteiger partial charge is 0.277 e. The molecule has 1 aliphatic rings. The van der Waals surface area contributed by atoms with Gasteiger partial charge in [0.2, 0.25) is 17.7 Å². The van der Waals surface area contributed by atoms with Crippen LogP contribution < -0.4 is 10.6 Å². The minimum Gasteiger partial charge on any atom is -0.416 e. The Labute approximate surface area is 140 Å². The van der Waals surface area contributed by atoms with E-state index in [4.69, 9.17) is 4.42 Å². The van der Waals surface area contributed by atoms with E-state index in [1.54, 1.807) is 0 Å². The highest BCUT2D eigenvalue weighted by Crippen LogP contribution is 2.32. The maximum atomic E-state index is 11.7. The summed E-state index contributed by atoms with van der Waals surface area (Å²) in [5.41, 5.74) is 0. The molecule has 2 amide bonds. The molecule has 1 aromatic heterocycles. The normalized spacial score (nSPS) is 15.6. The third-order valence-electron chi connectivity index (χ3n) is 3.60. The SMILES string of the molecule is CC(C)NC(=O)CNC(=O)CSc1nnc(C2CCCCC2)o1. The van der Waals surface area contributed by atoms with Gasteiger partial charge in [0.25, 0.3) is 5.22 Å². The van der Waals surface area contributed by atoms with Gasteiger partial charge in [-0.05, 0) is 26.7 Å². The topological polar surface area (TPSA) is 97.1 Å². The van der Waals surface area contributed by atoms with Crippen molar-refractivity contribution in [3.8, 4) is 0 Å². The predicted molar refractivity (Wildman–Crippen MR) is 87.1 cm³/mol. The molecule has 2 rings (SSSR count). The van der Waals surface area contributed by atoms with E-state index >= 15 is 0 Å². The molecule has 128 valence electrons. The molecule has 1 saturated carbocycles. The molecule has 1 heterocycles. The molecule has 8 heteroatoms. The Morgan fingerprint density at radius 3 is 2.65 bits per heavy atom. The first-order valence-electron chi connectivity index (χ1n) is 8.07. The first kappa shape index (κ1) is 17.8. The lowest BCUT2D eigenvalue weighted by atomic mass is 9.89. The molecular formula is C15H24N4O3S. The van der Waals surface area contributed by atoms with Crippen molar-refractivity contribution in [1.82, 2.24) is 20.8 Å².